The van der Waals surface area contributed by atoms with Gasteiger partial charge in [-0.05, 0) is 38.4 Å². The fourth-order valence-electron chi connectivity index (χ4n) is 3.07. The lowest BCUT2D eigenvalue weighted by molar-refractivity contribution is 0.219. The number of nitrogens with one attached hydrogen (secondary N) is 1. The van der Waals surface area contributed by atoms with Gasteiger partial charge in [0.05, 0.1) is 0 Å². The molecule has 2 nitrogen and oxygen atoms in total. The van der Waals surface area contributed by atoms with Gasteiger partial charge in [-0.25, -0.2) is 0 Å². The zero-order chi connectivity index (χ0) is 13.5. The number of hydrogen-bond acceptors (Lipinski definition) is 2. The first-order valence-corrected chi connectivity index (χ1v) is 7.80. The van der Waals surface area contributed by atoms with E-state index in [4.69, 9.17) is 0 Å². The maximum atomic E-state index is 3.70. The van der Waals surface area contributed by atoms with Gasteiger partial charge in [0.1, 0.15) is 0 Å². The molecular formula is C17H28N2. The molecule has 0 aliphatic heterocycles. The van der Waals surface area contributed by atoms with E-state index in [1.807, 2.05) is 0 Å². The minimum absolute atomic E-state index is 0.465. The van der Waals surface area contributed by atoms with Crippen LogP contribution in [0.3, 0.4) is 0 Å². The number of hydrogen-bond donors (Lipinski definition) is 1. The van der Waals surface area contributed by atoms with Gasteiger partial charge in [-0.1, -0.05) is 50.1 Å². The zero-order valence-corrected chi connectivity index (χ0v) is 12.4. The van der Waals surface area contributed by atoms with Crippen molar-refractivity contribution in [2.45, 2.75) is 51.1 Å². The molecule has 0 spiro atoms. The molecule has 1 fully saturated rings. The van der Waals surface area contributed by atoms with Crippen LogP contribution in [-0.4, -0.2) is 31.1 Å². The Kier molecular flexibility index (Phi) is 5.87. The van der Waals surface area contributed by atoms with E-state index in [0.717, 1.165) is 19.1 Å². The standard InChI is InChI=1S/C17H28N2/c1-3-13-18-17(15-9-5-4-6-10-15)14-19(2)16-11-7-8-12-16/h4-6,9-10,16-18H,3,7-8,11-14H2,1-2H3. The Morgan fingerprint density at radius 1 is 1.21 bits per heavy atom. The van der Waals surface area contributed by atoms with E-state index >= 15 is 0 Å². The smallest absolute Gasteiger partial charge is 0.0449 e. The minimum atomic E-state index is 0.465. The van der Waals surface area contributed by atoms with Crippen molar-refractivity contribution < 1.29 is 0 Å². The van der Waals surface area contributed by atoms with Crippen molar-refractivity contribution >= 4 is 0 Å². The minimum Gasteiger partial charge on any atom is -0.309 e. The summed E-state index contributed by atoms with van der Waals surface area (Å²) in [6, 6.07) is 12.1. The van der Waals surface area contributed by atoms with Gasteiger partial charge in [-0.3, -0.25) is 0 Å². The van der Waals surface area contributed by atoms with Crippen LogP contribution in [0.2, 0.25) is 0 Å². The quantitative estimate of drug-likeness (QED) is 0.806. The van der Waals surface area contributed by atoms with Gasteiger partial charge in [0.2, 0.25) is 0 Å². The van der Waals surface area contributed by atoms with Crippen LogP contribution in [0.1, 0.15) is 50.6 Å². The number of likely N-dealkylation sites (N-methyl/N-ethyl adjacent to an activating group) is 1. The van der Waals surface area contributed by atoms with Gasteiger partial charge in [-0.15, -0.1) is 0 Å². The highest BCUT2D eigenvalue weighted by atomic mass is 15.2. The van der Waals surface area contributed by atoms with Crippen LogP contribution in [-0.2, 0) is 0 Å². The highest BCUT2D eigenvalue weighted by molar-refractivity contribution is 5.19. The Morgan fingerprint density at radius 3 is 2.53 bits per heavy atom. The Hall–Kier alpha value is -0.860. The van der Waals surface area contributed by atoms with Crippen molar-refractivity contribution in [2.75, 3.05) is 20.1 Å². The summed E-state index contributed by atoms with van der Waals surface area (Å²) in [6.07, 6.45) is 6.77. The summed E-state index contributed by atoms with van der Waals surface area (Å²) >= 11 is 0. The molecule has 19 heavy (non-hydrogen) atoms. The fourth-order valence-corrected chi connectivity index (χ4v) is 3.07. The molecular weight excluding hydrogens is 232 g/mol. The lowest BCUT2D eigenvalue weighted by Gasteiger charge is -2.29. The van der Waals surface area contributed by atoms with Gasteiger partial charge in [0.25, 0.3) is 0 Å². The predicted octanol–water partition coefficient (Wildman–Crippen LogP) is 3.60. The van der Waals surface area contributed by atoms with Crippen molar-refractivity contribution in [3.05, 3.63) is 35.9 Å². The first-order valence-electron chi connectivity index (χ1n) is 7.80. The number of benzene rings is 1. The molecule has 1 saturated carbocycles. The lowest BCUT2D eigenvalue weighted by Crippen LogP contribution is -2.38. The van der Waals surface area contributed by atoms with Crippen molar-refractivity contribution in [1.82, 2.24) is 10.2 Å². The van der Waals surface area contributed by atoms with Crippen LogP contribution in [0.15, 0.2) is 30.3 Å². The van der Waals surface area contributed by atoms with E-state index in [2.05, 4.69) is 54.5 Å². The molecule has 0 heterocycles. The molecule has 1 aromatic carbocycles. The van der Waals surface area contributed by atoms with Gasteiger partial charge in [0, 0.05) is 18.6 Å². The second-order valence-corrected chi connectivity index (χ2v) is 5.80. The highest BCUT2D eigenvalue weighted by Crippen LogP contribution is 2.24. The maximum Gasteiger partial charge on any atom is 0.0449 e. The van der Waals surface area contributed by atoms with Crippen LogP contribution in [0, 0.1) is 0 Å². The average molecular weight is 260 g/mol. The van der Waals surface area contributed by atoms with E-state index in [-0.39, 0.29) is 0 Å². The molecule has 1 aliphatic carbocycles. The fraction of sp³-hybridized carbons (Fsp3) is 0.647. The molecule has 106 valence electrons. The van der Waals surface area contributed by atoms with Gasteiger partial charge in [0.15, 0.2) is 0 Å². The molecule has 1 unspecified atom stereocenters. The first kappa shape index (κ1) is 14.5. The Balaban J connectivity index is 1.96. The molecule has 0 aromatic heterocycles. The Labute approximate surface area is 118 Å². The van der Waals surface area contributed by atoms with E-state index in [0.29, 0.717) is 6.04 Å². The second kappa shape index (κ2) is 7.66. The van der Waals surface area contributed by atoms with Crippen LogP contribution >= 0.6 is 0 Å². The van der Waals surface area contributed by atoms with E-state index in [9.17, 15) is 0 Å². The number of nitrogens with zero attached hydrogens (tertiary/aromatic N) is 1. The van der Waals surface area contributed by atoms with Gasteiger partial charge in [-0.2, -0.15) is 0 Å². The zero-order valence-electron chi connectivity index (χ0n) is 12.4. The van der Waals surface area contributed by atoms with Crippen molar-refractivity contribution in [2.24, 2.45) is 0 Å². The van der Waals surface area contributed by atoms with Gasteiger partial charge >= 0.3 is 0 Å². The molecule has 0 radical (unpaired) electrons. The molecule has 2 heteroatoms. The molecule has 1 N–H and O–H groups in total. The number of rotatable bonds is 7. The average Bonchev–Trinajstić information content (AvgIpc) is 2.98. The lowest BCUT2D eigenvalue weighted by atomic mass is 10.1. The summed E-state index contributed by atoms with van der Waals surface area (Å²) < 4.78 is 0. The summed E-state index contributed by atoms with van der Waals surface area (Å²) in [5.74, 6) is 0. The van der Waals surface area contributed by atoms with Gasteiger partial charge < -0.3 is 10.2 Å². The first-order chi connectivity index (χ1) is 9.31. The van der Waals surface area contributed by atoms with Crippen molar-refractivity contribution in [3.63, 3.8) is 0 Å². The molecule has 0 saturated heterocycles. The van der Waals surface area contributed by atoms with Crippen LogP contribution in [0.5, 0.6) is 0 Å². The van der Waals surface area contributed by atoms with Crippen LogP contribution in [0.25, 0.3) is 0 Å². The summed E-state index contributed by atoms with van der Waals surface area (Å²) in [4.78, 5) is 2.56. The maximum absolute atomic E-state index is 3.70. The molecule has 2 rings (SSSR count). The third-order valence-electron chi connectivity index (χ3n) is 4.26. The van der Waals surface area contributed by atoms with E-state index in [1.165, 1.54) is 37.7 Å². The Bertz CT molecular complexity index is 344. The van der Waals surface area contributed by atoms with Crippen molar-refractivity contribution in [3.8, 4) is 0 Å². The van der Waals surface area contributed by atoms with Crippen LogP contribution in [0.4, 0.5) is 0 Å². The monoisotopic (exact) mass is 260 g/mol. The largest absolute Gasteiger partial charge is 0.309 e. The van der Waals surface area contributed by atoms with Crippen LogP contribution < -0.4 is 5.32 Å². The summed E-state index contributed by atoms with van der Waals surface area (Å²) in [7, 11) is 2.29. The third-order valence-corrected chi connectivity index (χ3v) is 4.26. The topological polar surface area (TPSA) is 15.3 Å². The van der Waals surface area contributed by atoms with E-state index < -0.39 is 0 Å². The Morgan fingerprint density at radius 2 is 1.89 bits per heavy atom. The van der Waals surface area contributed by atoms with E-state index in [1.54, 1.807) is 0 Å². The third kappa shape index (κ3) is 4.32. The van der Waals surface area contributed by atoms with Crippen molar-refractivity contribution in [1.29, 1.82) is 0 Å². The second-order valence-electron chi connectivity index (χ2n) is 5.80. The predicted molar refractivity (Wildman–Crippen MR) is 82.4 cm³/mol. The summed E-state index contributed by atoms with van der Waals surface area (Å²) in [5.41, 5.74) is 1.42. The molecule has 1 aliphatic rings. The summed E-state index contributed by atoms with van der Waals surface area (Å²) in [5, 5.41) is 3.70. The molecule has 0 amide bonds. The molecule has 1 atom stereocenters. The molecule has 1 aromatic rings. The normalized spacial score (nSPS) is 18.1. The SMILES string of the molecule is CCCNC(CN(C)C1CCCC1)c1ccccc1. The highest BCUT2D eigenvalue weighted by Gasteiger charge is 2.22. The summed E-state index contributed by atoms with van der Waals surface area (Å²) in [6.45, 7) is 4.45. The molecule has 0 bridgehead atoms.